The molecule has 0 aliphatic carbocycles. The van der Waals surface area contributed by atoms with Crippen LogP contribution < -0.4 is 0 Å². The Morgan fingerprint density at radius 2 is 0.800 bits per heavy atom. The summed E-state index contributed by atoms with van der Waals surface area (Å²) in [5.41, 5.74) is 0. The topological polar surface area (TPSA) is 0 Å². The summed E-state index contributed by atoms with van der Waals surface area (Å²) in [5, 5.41) is 0. The maximum atomic E-state index is 2.68. The summed E-state index contributed by atoms with van der Waals surface area (Å²) < 4.78 is 0. The van der Waals surface area contributed by atoms with Gasteiger partial charge in [-0.25, -0.2) is 0 Å². The average Bonchev–Trinajstić information content (AvgIpc) is 1.50. The maximum absolute atomic E-state index is 2.68. The second kappa shape index (κ2) is 27.1. The zero-order chi connectivity index (χ0) is 4.00. The number of hydrogen-bond donors (Lipinski definition) is 0. The molecule has 5 heteroatoms. The van der Waals surface area contributed by atoms with Gasteiger partial charge < -0.3 is 0 Å². The number of hydrogen-bond acceptors (Lipinski definition) is 0. The molecule has 0 spiro atoms. The van der Waals surface area contributed by atoms with Crippen molar-refractivity contribution in [1.82, 2.24) is 0 Å². The van der Waals surface area contributed by atoms with Crippen LogP contribution in [0, 0.1) is 0 Å². The Morgan fingerprint density at radius 3 is 0.800 bits per heavy atom. The van der Waals surface area contributed by atoms with Crippen LogP contribution in [0.4, 0.5) is 0 Å². The van der Waals surface area contributed by atoms with Crippen molar-refractivity contribution in [3.8, 4) is 0 Å². The summed E-state index contributed by atoms with van der Waals surface area (Å²) in [5.74, 6) is 0. The molecule has 0 unspecified atom stereocenters. The SMILES string of the molecule is [Se].[Se]=[Sb].[Se]=[Sb]. The van der Waals surface area contributed by atoms with Crippen LogP contribution in [-0.2, 0) is 0 Å². The van der Waals surface area contributed by atoms with Gasteiger partial charge in [-0.1, -0.05) is 0 Å². The Bertz CT molecular complexity index is 6.85. The molecule has 0 aromatic carbocycles. The normalized spacial score (nSPS) is 1.60. The monoisotopic (exact) mass is 482 g/mol. The molecule has 0 aliphatic heterocycles. The predicted octanol–water partition coefficient (Wildman–Crippen LogP) is -1.90. The first-order chi connectivity index (χ1) is 2.00. The first-order valence-electron chi connectivity index (χ1n) is 0.365. The first-order valence-corrected chi connectivity index (χ1v) is 12.7. The van der Waals surface area contributed by atoms with E-state index in [0.717, 1.165) is 0 Å². The van der Waals surface area contributed by atoms with Gasteiger partial charge >= 0.3 is 64.5 Å². The van der Waals surface area contributed by atoms with Crippen LogP contribution in [0.15, 0.2) is 0 Å². The molecule has 0 nitrogen and oxygen atoms in total. The van der Waals surface area contributed by atoms with E-state index in [0.29, 0.717) is 0 Å². The van der Waals surface area contributed by atoms with Gasteiger partial charge in [-0.2, -0.15) is 0 Å². The van der Waals surface area contributed by atoms with Crippen LogP contribution in [0.2, 0.25) is 0 Å². The second-order valence-corrected chi connectivity index (χ2v) is 0. The van der Waals surface area contributed by atoms with Gasteiger partial charge in [0.05, 0.1) is 0 Å². The Morgan fingerprint density at radius 1 is 0.800 bits per heavy atom. The van der Waals surface area contributed by atoms with Gasteiger partial charge in [-0.3, -0.25) is 0 Å². The molecule has 0 saturated heterocycles. The van der Waals surface area contributed by atoms with Crippen LogP contribution in [0.5, 0.6) is 0 Å². The molecule has 4 radical (unpaired) electrons. The molecular formula is Sb2Se3. The molecule has 0 heterocycles. The summed E-state index contributed by atoms with van der Waals surface area (Å²) >= 11 is 8.60. The van der Waals surface area contributed by atoms with Crippen molar-refractivity contribution < 1.29 is 0 Å². The zero-order valence-electron chi connectivity index (χ0n) is 2.12. The Kier molecular flexibility index (Phi) is 85.0. The van der Waals surface area contributed by atoms with Gasteiger partial charge in [-0.05, 0) is 0 Å². The minimum atomic E-state index is 0. The van der Waals surface area contributed by atoms with Crippen molar-refractivity contribution in [2.45, 2.75) is 0 Å². The molecule has 0 saturated carbocycles. The summed E-state index contributed by atoms with van der Waals surface area (Å²) in [6.07, 6.45) is 0. The van der Waals surface area contributed by atoms with Crippen molar-refractivity contribution >= 4 is 81.6 Å². The van der Waals surface area contributed by atoms with E-state index < -0.39 is 0 Å². The van der Waals surface area contributed by atoms with Gasteiger partial charge in [0.15, 0.2) is 0 Å². The van der Waals surface area contributed by atoms with Gasteiger partial charge in [0, 0.05) is 17.1 Å². The van der Waals surface area contributed by atoms with Crippen molar-refractivity contribution in [3.63, 3.8) is 0 Å². The Hall–Kier alpha value is 3.19. The van der Waals surface area contributed by atoms with Gasteiger partial charge in [-0.15, -0.1) is 0 Å². The molecule has 0 atom stereocenters. The third-order valence-electron chi connectivity index (χ3n) is 0. The van der Waals surface area contributed by atoms with Gasteiger partial charge in [0.2, 0.25) is 0 Å². The molecule has 0 rings (SSSR count). The van der Waals surface area contributed by atoms with Gasteiger partial charge in [0.1, 0.15) is 0 Å². The van der Waals surface area contributed by atoms with E-state index >= 15 is 0 Å². The average molecular weight is 480 g/mol. The molecule has 0 aromatic rings. The van der Waals surface area contributed by atoms with Crippen molar-refractivity contribution in [2.75, 3.05) is 0 Å². The summed E-state index contributed by atoms with van der Waals surface area (Å²) in [7, 11) is 0. The molecule has 28 valence electrons. The zero-order valence-corrected chi connectivity index (χ0v) is 12.4. The standard InChI is InChI=1S/2Sb.3Se. The summed E-state index contributed by atoms with van der Waals surface area (Å²) in [6, 6.07) is 0. The van der Waals surface area contributed by atoms with Crippen molar-refractivity contribution in [1.29, 1.82) is 0 Å². The summed E-state index contributed by atoms with van der Waals surface area (Å²) in [4.78, 5) is 0. The van der Waals surface area contributed by atoms with E-state index in [1.165, 1.54) is 0 Å². The third kappa shape index (κ3) is 19.0. The van der Waals surface area contributed by atoms with E-state index in [4.69, 9.17) is 0 Å². The van der Waals surface area contributed by atoms with Crippen LogP contribution in [0.3, 0.4) is 0 Å². The van der Waals surface area contributed by atoms with Crippen LogP contribution in [0.1, 0.15) is 0 Å². The van der Waals surface area contributed by atoms with Crippen LogP contribution in [0.25, 0.3) is 0 Å². The van der Waals surface area contributed by atoms with Gasteiger partial charge in [0.25, 0.3) is 0 Å². The van der Waals surface area contributed by atoms with E-state index in [9.17, 15) is 0 Å². The summed E-state index contributed by atoms with van der Waals surface area (Å²) in [6.45, 7) is 0. The van der Waals surface area contributed by atoms with E-state index in [1.807, 2.05) is 0 Å². The Balaban J connectivity index is -0.0000000133. The molecule has 0 aromatic heterocycles. The molecule has 0 fully saturated rings. The molecule has 0 aliphatic rings. The number of rotatable bonds is 0. The van der Waals surface area contributed by atoms with Crippen LogP contribution in [-0.4, -0.2) is 81.6 Å². The molecular weight excluding hydrogens is 480 g/mol. The minimum absolute atomic E-state index is 0. The molecule has 5 heavy (non-hydrogen) atoms. The molecule has 0 bridgehead atoms. The molecule has 0 N–H and O–H groups in total. The van der Waals surface area contributed by atoms with E-state index in [1.54, 1.807) is 40.3 Å². The second-order valence-electron chi connectivity index (χ2n) is 0. The third-order valence-corrected chi connectivity index (χ3v) is 0. The van der Waals surface area contributed by atoms with E-state index in [2.05, 4.69) is 24.2 Å². The molecule has 0 amide bonds. The van der Waals surface area contributed by atoms with Crippen molar-refractivity contribution in [3.05, 3.63) is 0 Å². The quantitative estimate of drug-likeness (QED) is 0.356. The fourth-order valence-electron chi connectivity index (χ4n) is 0. The Labute approximate surface area is 79.8 Å². The van der Waals surface area contributed by atoms with Crippen molar-refractivity contribution in [2.24, 2.45) is 0 Å². The fourth-order valence-corrected chi connectivity index (χ4v) is 0. The first kappa shape index (κ1) is 15.7. The fraction of sp³-hybridized carbons (Fsp3) is 0. The van der Waals surface area contributed by atoms with Crippen LogP contribution >= 0.6 is 0 Å². The van der Waals surface area contributed by atoms with E-state index in [-0.39, 0.29) is 17.1 Å². The predicted molar refractivity (Wildman–Crippen MR) is 28.8 cm³/mol.